The van der Waals surface area contributed by atoms with Crippen LogP contribution in [0.25, 0.3) is 0 Å². The molecule has 1 aromatic rings. The van der Waals surface area contributed by atoms with Crippen LogP contribution in [-0.2, 0) is 4.79 Å². The van der Waals surface area contributed by atoms with E-state index in [2.05, 4.69) is 5.32 Å². The monoisotopic (exact) mass is 240 g/mol. The Balaban J connectivity index is 2.59. The van der Waals surface area contributed by atoms with E-state index in [1.807, 2.05) is 26.0 Å². The van der Waals surface area contributed by atoms with Crippen LogP contribution in [0.4, 0.5) is 5.69 Å². The van der Waals surface area contributed by atoms with Gasteiger partial charge in [0.05, 0.1) is 0 Å². The summed E-state index contributed by atoms with van der Waals surface area (Å²) in [6, 6.07) is 5.50. The summed E-state index contributed by atoms with van der Waals surface area (Å²) in [5.41, 5.74) is 7.24. The first-order chi connectivity index (χ1) is 7.50. The van der Waals surface area contributed by atoms with Crippen molar-refractivity contribution in [1.29, 1.82) is 0 Å². The number of carbonyl (C=O) groups excluding carboxylic acids is 1. The molecule has 0 aliphatic heterocycles. The molecule has 0 saturated heterocycles. The van der Waals surface area contributed by atoms with E-state index in [1.54, 1.807) is 6.07 Å². The third-order valence-electron chi connectivity index (χ3n) is 2.37. The van der Waals surface area contributed by atoms with Gasteiger partial charge >= 0.3 is 0 Å². The van der Waals surface area contributed by atoms with Crippen LogP contribution in [0.2, 0.25) is 5.02 Å². The summed E-state index contributed by atoms with van der Waals surface area (Å²) in [7, 11) is 0. The van der Waals surface area contributed by atoms with Crippen LogP contribution < -0.4 is 11.1 Å². The largest absolute Gasteiger partial charge is 0.328 e. The summed E-state index contributed by atoms with van der Waals surface area (Å²) in [4.78, 5) is 11.6. The Morgan fingerprint density at radius 1 is 1.56 bits per heavy atom. The van der Waals surface area contributed by atoms with Crippen molar-refractivity contribution >= 4 is 23.2 Å². The molecular formula is C12H17ClN2O. The first kappa shape index (κ1) is 13.0. The molecule has 0 radical (unpaired) electrons. The van der Waals surface area contributed by atoms with Crippen molar-refractivity contribution < 1.29 is 4.79 Å². The van der Waals surface area contributed by atoms with Crippen LogP contribution in [0.1, 0.15) is 25.3 Å². The Morgan fingerprint density at radius 3 is 2.88 bits per heavy atom. The van der Waals surface area contributed by atoms with E-state index in [-0.39, 0.29) is 11.9 Å². The fraction of sp³-hybridized carbons (Fsp3) is 0.417. The average Bonchev–Trinajstić information content (AvgIpc) is 2.22. The van der Waals surface area contributed by atoms with Gasteiger partial charge in [0, 0.05) is 23.2 Å². The minimum absolute atomic E-state index is 0.0253. The van der Waals surface area contributed by atoms with Crippen molar-refractivity contribution in [3.05, 3.63) is 28.8 Å². The van der Waals surface area contributed by atoms with Gasteiger partial charge in [-0.3, -0.25) is 4.79 Å². The molecule has 0 aromatic heterocycles. The molecule has 1 amide bonds. The number of carbonyl (C=O) groups is 1. The second kappa shape index (κ2) is 5.87. The zero-order valence-corrected chi connectivity index (χ0v) is 10.3. The average molecular weight is 241 g/mol. The minimum Gasteiger partial charge on any atom is -0.328 e. The second-order valence-corrected chi connectivity index (χ2v) is 4.38. The van der Waals surface area contributed by atoms with Crippen LogP contribution in [0.5, 0.6) is 0 Å². The fourth-order valence-electron chi connectivity index (χ4n) is 1.31. The lowest BCUT2D eigenvalue weighted by Crippen LogP contribution is -2.19. The van der Waals surface area contributed by atoms with Crippen LogP contribution in [-0.4, -0.2) is 11.9 Å². The maximum Gasteiger partial charge on any atom is 0.224 e. The van der Waals surface area contributed by atoms with E-state index >= 15 is 0 Å². The molecule has 0 saturated carbocycles. The number of hydrogen-bond donors (Lipinski definition) is 2. The molecule has 1 rings (SSSR count). The van der Waals surface area contributed by atoms with Gasteiger partial charge in [-0.15, -0.1) is 0 Å². The van der Waals surface area contributed by atoms with E-state index in [0.717, 1.165) is 11.3 Å². The van der Waals surface area contributed by atoms with Crippen molar-refractivity contribution in [3.8, 4) is 0 Å². The summed E-state index contributed by atoms with van der Waals surface area (Å²) in [6.45, 7) is 3.77. The highest BCUT2D eigenvalue weighted by Crippen LogP contribution is 2.23. The molecule has 0 aliphatic rings. The van der Waals surface area contributed by atoms with Crippen LogP contribution in [0.15, 0.2) is 18.2 Å². The molecule has 1 unspecified atom stereocenters. The Bertz CT molecular complexity index is 377. The van der Waals surface area contributed by atoms with Crippen LogP contribution in [0, 0.1) is 6.92 Å². The lowest BCUT2D eigenvalue weighted by Gasteiger charge is -2.10. The zero-order valence-electron chi connectivity index (χ0n) is 9.59. The molecule has 1 atom stereocenters. The number of nitrogens with one attached hydrogen (secondary N) is 1. The summed E-state index contributed by atoms with van der Waals surface area (Å²) in [5, 5.41) is 3.48. The summed E-state index contributed by atoms with van der Waals surface area (Å²) in [6.07, 6.45) is 1.12. The first-order valence-electron chi connectivity index (χ1n) is 5.31. The molecule has 0 heterocycles. The number of halogens is 1. The highest BCUT2D eigenvalue weighted by molar-refractivity contribution is 6.31. The molecule has 3 nitrogen and oxygen atoms in total. The quantitative estimate of drug-likeness (QED) is 0.850. The Morgan fingerprint density at radius 2 is 2.25 bits per heavy atom. The molecule has 3 N–H and O–H groups in total. The van der Waals surface area contributed by atoms with Crippen LogP contribution >= 0.6 is 11.6 Å². The van der Waals surface area contributed by atoms with E-state index in [9.17, 15) is 4.79 Å². The van der Waals surface area contributed by atoms with Gasteiger partial charge in [0.2, 0.25) is 5.91 Å². The molecule has 1 aromatic carbocycles. The normalized spacial score (nSPS) is 12.2. The number of amides is 1. The summed E-state index contributed by atoms with van der Waals surface area (Å²) >= 11 is 5.95. The van der Waals surface area contributed by atoms with Crippen molar-refractivity contribution in [2.75, 3.05) is 5.32 Å². The predicted octanol–water partition coefficient (Wildman–Crippen LogP) is 2.71. The maximum absolute atomic E-state index is 11.6. The molecule has 0 fully saturated rings. The van der Waals surface area contributed by atoms with E-state index < -0.39 is 0 Å². The Kier molecular flexibility index (Phi) is 4.77. The number of nitrogens with two attached hydrogens (primary N) is 1. The van der Waals surface area contributed by atoms with E-state index in [4.69, 9.17) is 17.3 Å². The Hall–Kier alpha value is -1.06. The smallest absolute Gasteiger partial charge is 0.224 e. The molecule has 0 spiro atoms. The van der Waals surface area contributed by atoms with Gasteiger partial charge in [0.1, 0.15) is 0 Å². The molecule has 4 heteroatoms. The number of rotatable bonds is 4. The van der Waals surface area contributed by atoms with E-state index in [1.165, 1.54) is 0 Å². The molecule has 16 heavy (non-hydrogen) atoms. The van der Waals surface area contributed by atoms with Gasteiger partial charge in [0.15, 0.2) is 0 Å². The molecule has 0 aliphatic carbocycles. The van der Waals surface area contributed by atoms with Crippen molar-refractivity contribution in [2.45, 2.75) is 32.7 Å². The third kappa shape index (κ3) is 3.83. The molecule has 88 valence electrons. The molecule has 0 bridgehead atoms. The van der Waals surface area contributed by atoms with Gasteiger partial charge in [0.25, 0.3) is 0 Å². The van der Waals surface area contributed by atoms with Crippen LogP contribution in [0.3, 0.4) is 0 Å². The van der Waals surface area contributed by atoms with Gasteiger partial charge < -0.3 is 11.1 Å². The van der Waals surface area contributed by atoms with E-state index in [0.29, 0.717) is 17.9 Å². The lowest BCUT2D eigenvalue weighted by atomic mass is 10.1. The lowest BCUT2D eigenvalue weighted by molar-refractivity contribution is -0.116. The standard InChI is InChI=1S/C12H17ClN2O/c1-8(14)6-7-12(16)15-11-5-3-4-10(13)9(11)2/h3-5,8H,6-7,14H2,1-2H3,(H,15,16). The number of benzene rings is 1. The number of anilines is 1. The first-order valence-corrected chi connectivity index (χ1v) is 5.69. The summed E-state index contributed by atoms with van der Waals surface area (Å²) in [5.74, 6) is -0.0253. The number of hydrogen-bond acceptors (Lipinski definition) is 2. The second-order valence-electron chi connectivity index (χ2n) is 3.98. The van der Waals surface area contributed by atoms with Gasteiger partial charge in [-0.05, 0) is 38.0 Å². The van der Waals surface area contributed by atoms with Crippen molar-refractivity contribution in [2.24, 2.45) is 5.73 Å². The molecular weight excluding hydrogens is 224 g/mol. The van der Waals surface area contributed by atoms with Gasteiger partial charge in [-0.25, -0.2) is 0 Å². The third-order valence-corrected chi connectivity index (χ3v) is 2.78. The summed E-state index contributed by atoms with van der Waals surface area (Å²) < 4.78 is 0. The van der Waals surface area contributed by atoms with Crippen molar-refractivity contribution in [1.82, 2.24) is 0 Å². The SMILES string of the molecule is Cc1c(Cl)cccc1NC(=O)CCC(C)N. The zero-order chi connectivity index (χ0) is 12.1. The van der Waals surface area contributed by atoms with Gasteiger partial charge in [-0.1, -0.05) is 17.7 Å². The topological polar surface area (TPSA) is 55.1 Å². The van der Waals surface area contributed by atoms with Crippen molar-refractivity contribution in [3.63, 3.8) is 0 Å². The Labute approximate surface area is 101 Å². The van der Waals surface area contributed by atoms with Gasteiger partial charge in [-0.2, -0.15) is 0 Å². The fourth-order valence-corrected chi connectivity index (χ4v) is 1.49. The predicted molar refractivity (Wildman–Crippen MR) is 67.7 cm³/mol. The maximum atomic E-state index is 11.6. The highest BCUT2D eigenvalue weighted by atomic mass is 35.5. The highest BCUT2D eigenvalue weighted by Gasteiger charge is 2.07. The minimum atomic E-state index is -0.0253.